The number of anilines is 1. The fourth-order valence-electron chi connectivity index (χ4n) is 3.91. The van der Waals surface area contributed by atoms with E-state index in [2.05, 4.69) is 32.7 Å². The topological polar surface area (TPSA) is 122 Å². The van der Waals surface area contributed by atoms with E-state index < -0.39 is 10.8 Å². The van der Waals surface area contributed by atoms with Crippen molar-refractivity contribution < 1.29 is 18.4 Å². The summed E-state index contributed by atoms with van der Waals surface area (Å²) in [6.45, 7) is 0.435. The van der Waals surface area contributed by atoms with Gasteiger partial charge < -0.3 is 10.5 Å². The quantitative estimate of drug-likeness (QED) is 0.140. The second kappa shape index (κ2) is 8.42. The Hall–Kier alpha value is -3.42. The molecule has 5 rings (SSSR count). The first kappa shape index (κ1) is 22.4. The van der Waals surface area contributed by atoms with Crippen molar-refractivity contribution in [3.8, 4) is 22.8 Å². The Morgan fingerprint density at radius 1 is 1.26 bits per heavy atom. The normalized spacial score (nSPS) is 15.3. The van der Waals surface area contributed by atoms with E-state index in [1.165, 1.54) is 18.2 Å². The number of nitrogens with zero attached hydrogens (tertiary/aromatic N) is 5. The molecular formula is C22H17F2IN6O3. The smallest absolute Gasteiger partial charge is 0.292 e. The Morgan fingerprint density at radius 2 is 2.06 bits per heavy atom. The SMILES string of the molecule is Nc1cc(Oc2ccc3ncc(-c4cnn(CC5CC(F)(F)C5)c4)nc3c2I)ccc1[N+](=O)[O-]. The minimum Gasteiger partial charge on any atom is -0.456 e. The molecule has 0 amide bonds. The number of rotatable bonds is 6. The van der Waals surface area contributed by atoms with Crippen LogP contribution in [0.5, 0.6) is 11.5 Å². The van der Waals surface area contributed by atoms with E-state index in [0.29, 0.717) is 38.3 Å². The lowest BCUT2D eigenvalue weighted by atomic mass is 9.81. The van der Waals surface area contributed by atoms with Crippen LogP contribution in [-0.4, -0.2) is 30.6 Å². The van der Waals surface area contributed by atoms with E-state index in [0.717, 1.165) is 5.56 Å². The second-order valence-electron chi connectivity index (χ2n) is 8.16. The van der Waals surface area contributed by atoms with Gasteiger partial charge in [0, 0.05) is 43.3 Å². The molecule has 1 fully saturated rings. The third kappa shape index (κ3) is 4.36. The summed E-state index contributed by atoms with van der Waals surface area (Å²) < 4.78 is 34.5. The molecule has 2 aromatic carbocycles. The third-order valence-corrected chi connectivity index (χ3v) is 6.63. The van der Waals surface area contributed by atoms with E-state index in [1.54, 1.807) is 35.4 Å². The van der Waals surface area contributed by atoms with Gasteiger partial charge in [-0.2, -0.15) is 5.10 Å². The zero-order chi connectivity index (χ0) is 24.0. The summed E-state index contributed by atoms with van der Waals surface area (Å²) in [5.41, 5.74) is 8.15. The molecule has 2 heterocycles. The van der Waals surface area contributed by atoms with Crippen molar-refractivity contribution >= 4 is 45.0 Å². The van der Waals surface area contributed by atoms with Crippen LogP contribution in [0.2, 0.25) is 0 Å². The second-order valence-corrected chi connectivity index (χ2v) is 9.24. The Bertz CT molecular complexity index is 1420. The van der Waals surface area contributed by atoms with Crippen LogP contribution in [0, 0.1) is 19.6 Å². The number of alkyl halides is 2. The number of nitro benzene ring substituents is 1. The van der Waals surface area contributed by atoms with E-state index in [9.17, 15) is 18.9 Å². The van der Waals surface area contributed by atoms with Crippen LogP contribution >= 0.6 is 22.6 Å². The van der Waals surface area contributed by atoms with Crippen molar-refractivity contribution in [2.75, 3.05) is 5.73 Å². The Labute approximate surface area is 205 Å². The van der Waals surface area contributed by atoms with Crippen LogP contribution in [-0.2, 0) is 6.54 Å². The van der Waals surface area contributed by atoms with Crippen LogP contribution in [0.25, 0.3) is 22.3 Å². The molecule has 12 heteroatoms. The molecule has 0 bridgehead atoms. The van der Waals surface area contributed by atoms with Crippen LogP contribution in [0.3, 0.4) is 0 Å². The maximum absolute atomic E-state index is 13.1. The lowest BCUT2D eigenvalue weighted by molar-refractivity contribution is -0.383. The van der Waals surface area contributed by atoms with E-state index in [4.69, 9.17) is 15.5 Å². The predicted molar refractivity (Wildman–Crippen MR) is 129 cm³/mol. The van der Waals surface area contributed by atoms with Gasteiger partial charge in [-0.15, -0.1) is 0 Å². The number of nitrogens with two attached hydrogens (primary N) is 1. The molecule has 0 saturated heterocycles. The molecular weight excluding hydrogens is 561 g/mol. The summed E-state index contributed by atoms with van der Waals surface area (Å²) in [6.07, 6.45) is 4.83. The monoisotopic (exact) mass is 578 g/mol. The first-order valence-electron chi connectivity index (χ1n) is 10.3. The number of nitro groups is 1. The van der Waals surface area contributed by atoms with Gasteiger partial charge in [-0.3, -0.25) is 19.8 Å². The lowest BCUT2D eigenvalue weighted by Crippen LogP contribution is -2.37. The van der Waals surface area contributed by atoms with Gasteiger partial charge >= 0.3 is 0 Å². The van der Waals surface area contributed by atoms with Crippen LogP contribution in [0.4, 0.5) is 20.2 Å². The van der Waals surface area contributed by atoms with Gasteiger partial charge in [-0.05, 0) is 46.7 Å². The molecule has 34 heavy (non-hydrogen) atoms. The molecule has 1 aliphatic rings. The largest absolute Gasteiger partial charge is 0.456 e. The number of nitrogen functional groups attached to an aromatic ring is 1. The maximum atomic E-state index is 13.1. The predicted octanol–water partition coefficient (Wildman–Crippen LogP) is 5.43. The Morgan fingerprint density at radius 3 is 2.76 bits per heavy atom. The van der Waals surface area contributed by atoms with Crippen molar-refractivity contribution in [1.29, 1.82) is 0 Å². The molecule has 4 aromatic rings. The minimum absolute atomic E-state index is 0.00278. The molecule has 0 radical (unpaired) electrons. The summed E-state index contributed by atoms with van der Waals surface area (Å²) in [5.74, 6) is -1.79. The summed E-state index contributed by atoms with van der Waals surface area (Å²) in [5, 5.41) is 15.3. The van der Waals surface area contributed by atoms with Crippen LogP contribution in [0.15, 0.2) is 48.9 Å². The van der Waals surface area contributed by atoms with Gasteiger partial charge in [0.1, 0.15) is 22.7 Å². The first-order chi connectivity index (χ1) is 16.2. The van der Waals surface area contributed by atoms with Crippen molar-refractivity contribution in [2.45, 2.75) is 25.3 Å². The molecule has 174 valence electrons. The number of hydrogen-bond acceptors (Lipinski definition) is 7. The molecule has 0 aliphatic heterocycles. The average Bonchev–Trinajstić information content (AvgIpc) is 3.23. The summed E-state index contributed by atoms with van der Waals surface area (Å²) in [7, 11) is 0. The van der Waals surface area contributed by atoms with Crippen molar-refractivity contribution in [2.24, 2.45) is 5.92 Å². The number of benzene rings is 2. The van der Waals surface area contributed by atoms with E-state index in [-0.39, 0.29) is 30.1 Å². The third-order valence-electron chi connectivity index (χ3n) is 5.59. The molecule has 1 aliphatic carbocycles. The number of ether oxygens (including phenoxy) is 1. The summed E-state index contributed by atoms with van der Waals surface area (Å²) in [6, 6.07) is 7.66. The zero-order valence-electron chi connectivity index (χ0n) is 17.5. The number of aromatic nitrogens is 4. The average molecular weight is 578 g/mol. The van der Waals surface area contributed by atoms with Gasteiger partial charge in [-0.25, -0.2) is 13.8 Å². The zero-order valence-corrected chi connectivity index (χ0v) is 19.6. The minimum atomic E-state index is -2.55. The first-order valence-corrected chi connectivity index (χ1v) is 11.3. The van der Waals surface area contributed by atoms with Crippen molar-refractivity contribution in [3.05, 3.63) is 62.6 Å². The standard InChI is InChI=1S/C22H17F2IN6O3/c23-22(24)6-12(7-22)10-30-11-13(8-28-30)17-9-27-16-2-4-19(20(25)21(16)29-17)34-14-1-3-18(31(32)33)15(26)5-14/h1-5,8-9,11-12H,6-7,10,26H2. The van der Waals surface area contributed by atoms with Crippen molar-refractivity contribution in [1.82, 2.24) is 19.7 Å². The molecule has 2 aromatic heterocycles. The fraction of sp³-hybridized carbons (Fsp3) is 0.227. The summed E-state index contributed by atoms with van der Waals surface area (Å²) >= 11 is 2.11. The Balaban J connectivity index is 1.40. The summed E-state index contributed by atoms with van der Waals surface area (Å²) in [4.78, 5) is 19.6. The maximum Gasteiger partial charge on any atom is 0.292 e. The lowest BCUT2D eigenvalue weighted by Gasteiger charge is -2.34. The highest BCUT2D eigenvalue weighted by Gasteiger charge is 2.45. The number of fused-ring (bicyclic) bond motifs is 1. The van der Waals surface area contributed by atoms with Gasteiger partial charge in [0.2, 0.25) is 5.92 Å². The molecule has 9 nitrogen and oxygen atoms in total. The molecule has 2 N–H and O–H groups in total. The van der Waals surface area contributed by atoms with Gasteiger partial charge in [0.15, 0.2) is 0 Å². The number of hydrogen-bond donors (Lipinski definition) is 1. The van der Waals surface area contributed by atoms with Gasteiger partial charge in [0.25, 0.3) is 5.69 Å². The Kier molecular flexibility index (Phi) is 5.54. The van der Waals surface area contributed by atoms with Gasteiger partial charge in [-0.1, -0.05) is 0 Å². The highest BCUT2D eigenvalue weighted by atomic mass is 127. The molecule has 0 spiro atoms. The number of halogens is 3. The molecule has 1 saturated carbocycles. The van der Waals surface area contributed by atoms with E-state index >= 15 is 0 Å². The highest BCUT2D eigenvalue weighted by Crippen LogP contribution is 2.43. The highest BCUT2D eigenvalue weighted by molar-refractivity contribution is 14.1. The molecule has 0 unspecified atom stereocenters. The van der Waals surface area contributed by atoms with Gasteiger partial charge in [0.05, 0.1) is 32.1 Å². The van der Waals surface area contributed by atoms with Crippen molar-refractivity contribution in [3.63, 3.8) is 0 Å². The molecule has 0 atom stereocenters. The van der Waals surface area contributed by atoms with Crippen LogP contribution in [0.1, 0.15) is 12.8 Å². The fourth-order valence-corrected chi connectivity index (χ4v) is 4.59. The van der Waals surface area contributed by atoms with Crippen LogP contribution < -0.4 is 10.5 Å². The van der Waals surface area contributed by atoms with E-state index in [1.807, 2.05) is 0 Å².